The molecular weight excluding hydrogens is 704 g/mol. The van der Waals surface area contributed by atoms with Gasteiger partial charge in [-0.15, -0.1) is 0 Å². The first kappa shape index (κ1) is 39.5. The number of hydrogen-bond acceptors (Lipinski definition) is 13. The van der Waals surface area contributed by atoms with Crippen molar-refractivity contribution < 1.29 is 47.5 Å². The Morgan fingerprint density at radius 3 is 1.63 bits per heavy atom. The fourth-order valence-electron chi connectivity index (χ4n) is 4.51. The Kier molecular flexibility index (Phi) is 13.8. The Balaban J connectivity index is 1.23. The second kappa shape index (κ2) is 18.8. The summed E-state index contributed by atoms with van der Waals surface area (Å²) in [7, 11) is 0. The van der Waals surface area contributed by atoms with Gasteiger partial charge in [0.25, 0.3) is 5.91 Å². The number of nitrogens with one attached hydrogen (secondary N) is 5. The van der Waals surface area contributed by atoms with Crippen molar-refractivity contribution in [2.24, 2.45) is 4.99 Å². The van der Waals surface area contributed by atoms with Crippen LogP contribution in [-0.2, 0) is 46.7 Å². The minimum atomic E-state index is -0.615. The number of aliphatic imine (C=N–C) groups is 1. The smallest absolute Gasteiger partial charge is 0.338 e. The standard InChI is InChI=1S/C36H36N8O10/c1-20(45)39-29-13-25(14-30(43-29)40-21(2)46)18-52-34(49)11-12-37-35(50)28-9-10-33(54-28)38-17-24-5-7-27(8-6-24)36(51)53-19-26-15-31(41-22(3)47)44-32(16-26)42-23(4)48/h5-10,13-17H,11-12,18-19H2,1-4H3,(H,37,50)(H2,39,40,43,45,46)(H2,41,42,44,47,48)/b38-17+. The lowest BCUT2D eigenvalue weighted by atomic mass is 10.1. The van der Waals surface area contributed by atoms with Crippen LogP contribution in [0.25, 0.3) is 0 Å². The highest BCUT2D eigenvalue weighted by atomic mass is 16.5. The molecule has 0 aliphatic rings. The maximum absolute atomic E-state index is 12.7. The quantitative estimate of drug-likeness (QED) is 0.0861. The van der Waals surface area contributed by atoms with E-state index >= 15 is 0 Å². The second-order valence-electron chi connectivity index (χ2n) is 11.5. The van der Waals surface area contributed by atoms with Crippen molar-refractivity contribution in [3.8, 4) is 0 Å². The third-order valence-corrected chi connectivity index (χ3v) is 6.67. The molecule has 5 N–H and O–H groups in total. The number of ether oxygens (including phenoxy) is 2. The van der Waals surface area contributed by atoms with Gasteiger partial charge in [0, 0.05) is 46.5 Å². The first-order valence-electron chi connectivity index (χ1n) is 16.2. The number of esters is 2. The molecule has 0 radical (unpaired) electrons. The zero-order valence-electron chi connectivity index (χ0n) is 29.6. The zero-order valence-corrected chi connectivity index (χ0v) is 29.6. The van der Waals surface area contributed by atoms with Gasteiger partial charge in [-0.3, -0.25) is 28.8 Å². The summed E-state index contributed by atoms with van der Waals surface area (Å²) in [5.74, 6) is -2.45. The van der Waals surface area contributed by atoms with Gasteiger partial charge in [0.1, 0.15) is 36.5 Å². The Bertz CT molecular complexity index is 2020. The molecule has 0 spiro atoms. The lowest BCUT2D eigenvalue weighted by Gasteiger charge is -2.10. The summed E-state index contributed by atoms with van der Waals surface area (Å²) >= 11 is 0. The Morgan fingerprint density at radius 1 is 0.667 bits per heavy atom. The summed E-state index contributed by atoms with van der Waals surface area (Å²) < 4.78 is 16.1. The van der Waals surface area contributed by atoms with E-state index in [9.17, 15) is 33.6 Å². The van der Waals surface area contributed by atoms with Gasteiger partial charge >= 0.3 is 11.9 Å². The first-order chi connectivity index (χ1) is 25.7. The van der Waals surface area contributed by atoms with E-state index in [1.54, 1.807) is 12.1 Å². The van der Waals surface area contributed by atoms with E-state index in [1.807, 2.05) is 0 Å². The summed E-state index contributed by atoms with van der Waals surface area (Å²) in [5, 5.41) is 12.6. The van der Waals surface area contributed by atoms with Crippen LogP contribution < -0.4 is 26.6 Å². The number of benzene rings is 1. The molecule has 5 amide bonds. The van der Waals surface area contributed by atoms with Crippen LogP contribution in [0.1, 0.15) is 71.7 Å². The van der Waals surface area contributed by atoms with Crippen molar-refractivity contribution >= 4 is 76.8 Å². The Hall–Kier alpha value is -7.24. The lowest BCUT2D eigenvalue weighted by Crippen LogP contribution is -2.26. The molecule has 0 bridgehead atoms. The maximum atomic E-state index is 12.7. The molecular formula is C36H36N8O10. The van der Waals surface area contributed by atoms with E-state index in [0.29, 0.717) is 16.7 Å². The van der Waals surface area contributed by atoms with E-state index in [2.05, 4.69) is 41.5 Å². The lowest BCUT2D eigenvalue weighted by molar-refractivity contribution is -0.144. The topological polar surface area (TPSA) is 249 Å². The molecule has 18 heteroatoms. The average Bonchev–Trinajstić information content (AvgIpc) is 3.57. The fourth-order valence-corrected chi connectivity index (χ4v) is 4.51. The monoisotopic (exact) mass is 740 g/mol. The van der Waals surface area contributed by atoms with Crippen LogP contribution in [0.4, 0.5) is 29.2 Å². The van der Waals surface area contributed by atoms with Crippen molar-refractivity contribution in [2.45, 2.75) is 47.3 Å². The minimum absolute atomic E-state index is 0.0380. The molecule has 3 heterocycles. The number of pyridine rings is 2. The van der Waals surface area contributed by atoms with E-state index in [4.69, 9.17) is 13.9 Å². The van der Waals surface area contributed by atoms with Crippen molar-refractivity contribution in [1.29, 1.82) is 0 Å². The second-order valence-corrected chi connectivity index (χ2v) is 11.5. The fraction of sp³-hybridized carbons (Fsp3) is 0.222. The van der Waals surface area contributed by atoms with Crippen LogP contribution in [0.2, 0.25) is 0 Å². The molecule has 0 saturated heterocycles. The number of carbonyl (C=O) groups excluding carboxylic acids is 7. The van der Waals surface area contributed by atoms with Crippen LogP contribution in [0.3, 0.4) is 0 Å². The van der Waals surface area contributed by atoms with Gasteiger partial charge in [0.05, 0.1) is 12.0 Å². The summed E-state index contributed by atoms with van der Waals surface area (Å²) in [5.41, 5.74) is 1.83. The number of anilines is 4. The molecule has 4 rings (SSSR count). The SMILES string of the molecule is CC(=O)Nc1cc(COC(=O)CCNC(=O)c2ccc(/N=C/c3ccc(C(=O)OCc4cc(NC(C)=O)nc(NC(C)=O)c4)cc3)o2)cc(NC(C)=O)n1. The minimum Gasteiger partial charge on any atom is -0.461 e. The highest BCUT2D eigenvalue weighted by Gasteiger charge is 2.14. The van der Waals surface area contributed by atoms with Crippen LogP contribution in [0.5, 0.6) is 0 Å². The normalized spacial score (nSPS) is 10.6. The van der Waals surface area contributed by atoms with Crippen molar-refractivity contribution in [3.05, 3.63) is 88.7 Å². The zero-order chi connectivity index (χ0) is 39.2. The van der Waals surface area contributed by atoms with Crippen LogP contribution >= 0.6 is 0 Å². The number of nitrogens with zero attached hydrogens (tertiary/aromatic N) is 3. The number of aromatic nitrogens is 2. The number of carbonyl (C=O) groups is 7. The van der Waals surface area contributed by atoms with Crippen LogP contribution in [-0.4, -0.2) is 64.2 Å². The van der Waals surface area contributed by atoms with Crippen LogP contribution in [0, 0.1) is 0 Å². The highest BCUT2D eigenvalue weighted by Crippen LogP contribution is 2.19. The molecule has 1 aromatic carbocycles. The van der Waals surface area contributed by atoms with Gasteiger partial charge in [-0.05, 0) is 59.2 Å². The van der Waals surface area contributed by atoms with Crippen molar-refractivity contribution in [2.75, 3.05) is 27.8 Å². The molecule has 0 aliphatic heterocycles. The molecule has 0 saturated carbocycles. The third-order valence-electron chi connectivity index (χ3n) is 6.67. The van der Waals surface area contributed by atoms with Crippen molar-refractivity contribution in [3.63, 3.8) is 0 Å². The van der Waals surface area contributed by atoms with Gasteiger partial charge in [-0.2, -0.15) is 0 Å². The van der Waals surface area contributed by atoms with E-state index in [1.165, 1.54) is 82.4 Å². The molecule has 0 aliphatic carbocycles. The first-order valence-corrected chi connectivity index (χ1v) is 16.2. The summed E-state index contributed by atoms with van der Waals surface area (Å²) in [6.45, 7) is 4.86. The summed E-state index contributed by atoms with van der Waals surface area (Å²) in [6, 6.07) is 15.3. The van der Waals surface area contributed by atoms with Gasteiger partial charge in [-0.25, -0.2) is 19.8 Å². The molecule has 0 unspecified atom stereocenters. The number of rotatable bonds is 15. The molecule has 280 valence electrons. The van der Waals surface area contributed by atoms with Gasteiger partial charge in [0.2, 0.25) is 29.5 Å². The van der Waals surface area contributed by atoms with Gasteiger partial charge < -0.3 is 40.5 Å². The number of furan rings is 1. The molecule has 4 aromatic rings. The third kappa shape index (κ3) is 13.1. The molecule has 3 aromatic heterocycles. The number of amides is 5. The van der Waals surface area contributed by atoms with Crippen LogP contribution in [0.15, 0.2) is 70.1 Å². The molecule has 18 nitrogen and oxygen atoms in total. The predicted octanol–water partition coefficient (Wildman–Crippen LogP) is 3.87. The van der Waals surface area contributed by atoms with Crippen molar-refractivity contribution in [1.82, 2.24) is 15.3 Å². The highest BCUT2D eigenvalue weighted by molar-refractivity contribution is 5.93. The maximum Gasteiger partial charge on any atom is 0.338 e. The van der Waals surface area contributed by atoms with E-state index < -0.39 is 17.8 Å². The largest absolute Gasteiger partial charge is 0.461 e. The average molecular weight is 741 g/mol. The Labute approximate surface area is 308 Å². The molecule has 54 heavy (non-hydrogen) atoms. The van der Waals surface area contributed by atoms with Gasteiger partial charge in [-0.1, -0.05) is 12.1 Å². The molecule has 0 fully saturated rings. The Morgan fingerprint density at radius 2 is 1.15 bits per heavy atom. The number of hydrogen-bond donors (Lipinski definition) is 5. The van der Waals surface area contributed by atoms with E-state index in [-0.39, 0.29) is 90.3 Å². The van der Waals surface area contributed by atoms with E-state index in [0.717, 1.165) is 0 Å². The summed E-state index contributed by atoms with van der Waals surface area (Å²) in [6.07, 6.45) is 1.32. The van der Waals surface area contributed by atoms with Gasteiger partial charge in [0.15, 0.2) is 5.76 Å². The summed E-state index contributed by atoms with van der Waals surface area (Å²) in [4.78, 5) is 95.7. The predicted molar refractivity (Wildman–Crippen MR) is 194 cm³/mol. The molecule has 0 atom stereocenters.